The number of benzene rings is 2. The molecule has 2 aromatic carbocycles. The Morgan fingerprint density at radius 2 is 1.85 bits per heavy atom. The average Bonchev–Trinajstić information content (AvgIpc) is 3.26. The van der Waals surface area contributed by atoms with Crippen LogP contribution in [0.15, 0.2) is 59.2 Å². The van der Waals surface area contributed by atoms with Gasteiger partial charge in [0.05, 0.1) is 17.3 Å². The van der Waals surface area contributed by atoms with E-state index in [4.69, 9.17) is 21.0 Å². The van der Waals surface area contributed by atoms with Crippen LogP contribution < -0.4 is 0 Å². The molecule has 0 bridgehead atoms. The Kier molecular flexibility index (Phi) is 4.63. The first-order valence-corrected chi connectivity index (χ1v) is 9.33. The van der Waals surface area contributed by atoms with Crippen LogP contribution in [0.4, 0.5) is 0 Å². The lowest BCUT2D eigenvalue weighted by Gasteiger charge is -2.11. The summed E-state index contributed by atoms with van der Waals surface area (Å²) in [5, 5.41) is 0.745. The van der Waals surface area contributed by atoms with Gasteiger partial charge in [-0.15, -0.1) is 0 Å². The van der Waals surface area contributed by atoms with Gasteiger partial charge in [0.1, 0.15) is 11.6 Å². The fourth-order valence-corrected chi connectivity index (χ4v) is 3.39. The van der Waals surface area contributed by atoms with Crippen LogP contribution in [-0.4, -0.2) is 9.55 Å². The number of hydrogen-bond acceptors (Lipinski definition) is 2. The van der Waals surface area contributed by atoms with Gasteiger partial charge < -0.3 is 8.98 Å². The minimum Gasteiger partial charge on any atom is -0.465 e. The highest BCUT2D eigenvalue weighted by atomic mass is 35.5. The van der Waals surface area contributed by atoms with Crippen LogP contribution in [-0.2, 0) is 6.54 Å². The maximum atomic E-state index is 6.05. The van der Waals surface area contributed by atoms with E-state index in [2.05, 4.69) is 49.6 Å². The van der Waals surface area contributed by atoms with Crippen molar-refractivity contribution in [2.45, 2.75) is 27.3 Å². The molecule has 0 aliphatic carbocycles. The third-order valence-corrected chi connectivity index (χ3v) is 5.12. The Labute approximate surface area is 163 Å². The lowest BCUT2D eigenvalue weighted by molar-refractivity contribution is 0.557. The molecule has 0 saturated carbocycles. The van der Waals surface area contributed by atoms with Gasteiger partial charge in [-0.05, 0) is 85.5 Å². The van der Waals surface area contributed by atoms with Crippen LogP contribution in [0, 0.1) is 13.8 Å². The van der Waals surface area contributed by atoms with Gasteiger partial charge in [-0.1, -0.05) is 23.7 Å². The highest BCUT2D eigenvalue weighted by Gasteiger charge is 2.14. The van der Waals surface area contributed by atoms with Crippen molar-refractivity contribution in [1.29, 1.82) is 0 Å². The molecule has 0 aliphatic rings. The number of aryl methyl sites for hydroxylation is 2. The normalized spacial score (nSPS) is 12.1. The molecule has 0 aliphatic heterocycles. The molecule has 0 radical (unpaired) electrons. The van der Waals surface area contributed by atoms with E-state index >= 15 is 0 Å². The average molecular weight is 377 g/mol. The van der Waals surface area contributed by atoms with Gasteiger partial charge in [-0.25, -0.2) is 4.98 Å². The fraction of sp³-hybridized carbons (Fsp3) is 0.174. The van der Waals surface area contributed by atoms with Crippen LogP contribution in [0.5, 0.6) is 0 Å². The molecule has 4 heteroatoms. The minimum atomic E-state index is 0.731. The Morgan fingerprint density at radius 3 is 2.56 bits per heavy atom. The van der Waals surface area contributed by atoms with Gasteiger partial charge >= 0.3 is 0 Å². The number of hydrogen-bond donors (Lipinski definition) is 0. The predicted octanol–water partition coefficient (Wildman–Crippen LogP) is 6.51. The summed E-state index contributed by atoms with van der Waals surface area (Å²) in [7, 11) is 0. The highest BCUT2D eigenvalue weighted by molar-refractivity contribution is 6.30. The van der Waals surface area contributed by atoms with Crippen molar-refractivity contribution in [2.75, 3.05) is 0 Å². The molecular weight excluding hydrogens is 356 g/mol. The molecule has 0 saturated heterocycles. The number of allylic oxidation sites excluding steroid dienone is 1. The summed E-state index contributed by atoms with van der Waals surface area (Å²) in [6, 6.07) is 16.2. The molecule has 4 rings (SSSR count). The van der Waals surface area contributed by atoms with Crippen molar-refractivity contribution in [3.05, 3.63) is 88.1 Å². The molecule has 0 fully saturated rings. The molecule has 2 aromatic heterocycles. The van der Waals surface area contributed by atoms with Crippen LogP contribution in [0.2, 0.25) is 5.02 Å². The predicted molar refractivity (Wildman–Crippen MR) is 112 cm³/mol. The second-order valence-electron chi connectivity index (χ2n) is 6.92. The largest absolute Gasteiger partial charge is 0.465 e. The van der Waals surface area contributed by atoms with E-state index in [0.717, 1.165) is 39.8 Å². The van der Waals surface area contributed by atoms with E-state index < -0.39 is 0 Å². The highest BCUT2D eigenvalue weighted by Crippen LogP contribution is 2.27. The summed E-state index contributed by atoms with van der Waals surface area (Å²) < 4.78 is 7.74. The van der Waals surface area contributed by atoms with Crippen molar-refractivity contribution in [3.8, 4) is 0 Å². The van der Waals surface area contributed by atoms with Gasteiger partial charge in [-0.2, -0.15) is 0 Å². The topological polar surface area (TPSA) is 31.0 Å². The summed E-state index contributed by atoms with van der Waals surface area (Å²) in [4.78, 5) is 4.94. The molecule has 3 nitrogen and oxygen atoms in total. The van der Waals surface area contributed by atoms with Crippen molar-refractivity contribution in [3.63, 3.8) is 0 Å². The Morgan fingerprint density at radius 1 is 1.11 bits per heavy atom. The van der Waals surface area contributed by atoms with Crippen molar-refractivity contribution >= 4 is 34.3 Å². The second-order valence-corrected chi connectivity index (χ2v) is 7.35. The second kappa shape index (κ2) is 7.09. The lowest BCUT2D eigenvalue weighted by Crippen LogP contribution is -2.04. The molecule has 0 spiro atoms. The van der Waals surface area contributed by atoms with Crippen molar-refractivity contribution in [1.82, 2.24) is 9.55 Å². The zero-order valence-corrected chi connectivity index (χ0v) is 16.4. The van der Waals surface area contributed by atoms with Gasteiger partial charge in [0, 0.05) is 11.6 Å². The smallest absolute Gasteiger partial charge is 0.137 e. The van der Waals surface area contributed by atoms with Crippen LogP contribution in [0.1, 0.15) is 35.2 Å². The number of nitrogens with zero attached hydrogens (tertiary/aromatic N) is 2. The molecule has 0 amide bonds. The van der Waals surface area contributed by atoms with E-state index in [9.17, 15) is 0 Å². The fourth-order valence-electron chi connectivity index (χ4n) is 3.26. The quantitative estimate of drug-likeness (QED) is 0.406. The molecule has 27 heavy (non-hydrogen) atoms. The summed E-state index contributed by atoms with van der Waals surface area (Å²) in [6.07, 6.45) is 3.71. The summed E-state index contributed by atoms with van der Waals surface area (Å²) >= 11 is 6.05. The number of imidazole rings is 1. The van der Waals surface area contributed by atoms with Gasteiger partial charge in [-0.3, -0.25) is 0 Å². The number of furan rings is 1. The number of aromatic nitrogens is 2. The van der Waals surface area contributed by atoms with E-state index in [1.54, 1.807) is 6.26 Å². The first kappa shape index (κ1) is 17.6. The Hall–Kier alpha value is -2.78. The standard InChI is InChI=1S/C23H21ClN2O/c1-15-12-21-22(13-16(15)2)26(14-18-6-8-19(24)9-7-18)23(25-21)17(3)11-20-5-4-10-27-20/h4-13H,14H2,1-3H3/b17-11+. The third kappa shape index (κ3) is 3.56. The van der Waals surface area contributed by atoms with Crippen LogP contribution >= 0.6 is 11.6 Å². The molecule has 136 valence electrons. The van der Waals surface area contributed by atoms with Gasteiger partial charge in [0.15, 0.2) is 0 Å². The summed E-state index contributed by atoms with van der Waals surface area (Å²) in [6.45, 7) is 7.06. The maximum Gasteiger partial charge on any atom is 0.137 e. The SMILES string of the molecule is C/C(=C\c1ccco1)c1nc2cc(C)c(C)cc2n1Cc1ccc(Cl)cc1. The van der Waals surface area contributed by atoms with Crippen molar-refractivity contribution in [2.24, 2.45) is 0 Å². The molecular formula is C23H21ClN2O. The molecule has 0 atom stereocenters. The molecule has 2 heterocycles. The van der Waals surface area contributed by atoms with E-state index in [0.29, 0.717) is 0 Å². The number of halogens is 1. The molecule has 4 aromatic rings. The first-order chi connectivity index (χ1) is 13.0. The third-order valence-electron chi connectivity index (χ3n) is 4.87. The van der Waals surface area contributed by atoms with Crippen LogP contribution in [0.3, 0.4) is 0 Å². The summed E-state index contributed by atoms with van der Waals surface area (Å²) in [5.74, 6) is 1.77. The van der Waals surface area contributed by atoms with E-state index in [1.165, 1.54) is 16.7 Å². The molecule has 0 N–H and O–H groups in total. The van der Waals surface area contributed by atoms with E-state index in [1.807, 2.05) is 30.3 Å². The van der Waals surface area contributed by atoms with Gasteiger partial charge in [0.25, 0.3) is 0 Å². The maximum absolute atomic E-state index is 6.05. The molecule has 0 unspecified atom stereocenters. The Bertz CT molecular complexity index is 1120. The minimum absolute atomic E-state index is 0.731. The monoisotopic (exact) mass is 376 g/mol. The Balaban J connectivity index is 1.87. The first-order valence-electron chi connectivity index (χ1n) is 8.95. The van der Waals surface area contributed by atoms with Crippen LogP contribution in [0.25, 0.3) is 22.7 Å². The lowest BCUT2D eigenvalue weighted by atomic mass is 10.1. The van der Waals surface area contributed by atoms with Gasteiger partial charge in [0.2, 0.25) is 0 Å². The summed E-state index contributed by atoms with van der Waals surface area (Å²) in [5.41, 5.74) is 6.90. The zero-order valence-electron chi connectivity index (χ0n) is 15.7. The van der Waals surface area contributed by atoms with Crippen molar-refractivity contribution < 1.29 is 4.42 Å². The number of rotatable bonds is 4. The zero-order chi connectivity index (χ0) is 19.0. The number of fused-ring (bicyclic) bond motifs is 1. The van der Waals surface area contributed by atoms with E-state index in [-0.39, 0.29) is 0 Å².